The lowest BCUT2D eigenvalue weighted by atomic mass is 10.0. The first-order valence-electron chi connectivity index (χ1n) is 13.8. The number of rotatable bonds is 24. The van der Waals surface area contributed by atoms with Gasteiger partial charge >= 0.3 is 15.0 Å². The average molecular weight is 493 g/mol. The van der Waals surface area contributed by atoms with Crippen molar-refractivity contribution in [3.63, 3.8) is 0 Å². The van der Waals surface area contributed by atoms with Gasteiger partial charge in [0.1, 0.15) is 0 Å². The van der Waals surface area contributed by atoms with Crippen molar-refractivity contribution < 1.29 is 27.6 Å². The van der Waals surface area contributed by atoms with Crippen molar-refractivity contribution in [3.05, 3.63) is 0 Å². The highest BCUT2D eigenvalue weighted by atomic mass is 28.4. The van der Waals surface area contributed by atoms with E-state index in [1.807, 2.05) is 27.7 Å². The van der Waals surface area contributed by atoms with Gasteiger partial charge in [-0.15, -0.1) is 0 Å². The Morgan fingerprint density at radius 2 is 0.788 bits per heavy atom. The van der Waals surface area contributed by atoms with Gasteiger partial charge in [-0.25, -0.2) is 0 Å². The van der Waals surface area contributed by atoms with Crippen LogP contribution in [-0.4, -0.2) is 46.6 Å². The van der Waals surface area contributed by atoms with Crippen LogP contribution in [0.5, 0.6) is 0 Å². The minimum atomic E-state index is -2.80. The van der Waals surface area contributed by atoms with Gasteiger partial charge in [-0.3, -0.25) is 4.79 Å². The molecular formula is C26H56O6Si. The topological polar surface area (TPSA) is 74.2 Å². The largest absolute Gasteiger partial charge is 0.679 e. The highest BCUT2D eigenvalue weighted by molar-refractivity contribution is 6.53. The van der Waals surface area contributed by atoms with E-state index in [-0.39, 0.29) is 0 Å². The summed E-state index contributed by atoms with van der Waals surface area (Å²) in [6.45, 7) is 12.1. The van der Waals surface area contributed by atoms with Crippen LogP contribution >= 0.6 is 0 Å². The van der Waals surface area contributed by atoms with Crippen LogP contribution in [0.25, 0.3) is 0 Å². The minimum Gasteiger partial charge on any atom is -0.481 e. The van der Waals surface area contributed by atoms with Crippen molar-refractivity contribution in [1.82, 2.24) is 0 Å². The third kappa shape index (κ3) is 26.0. The molecule has 0 rings (SSSR count). The van der Waals surface area contributed by atoms with Gasteiger partial charge in [0.2, 0.25) is 0 Å². The maximum atomic E-state index is 10.3. The number of hydrogen-bond donors (Lipinski definition) is 1. The van der Waals surface area contributed by atoms with E-state index in [1.54, 1.807) is 0 Å². The molecule has 0 spiro atoms. The Labute approximate surface area is 206 Å². The lowest BCUT2D eigenvalue weighted by molar-refractivity contribution is -0.137. The monoisotopic (exact) mass is 492 g/mol. The van der Waals surface area contributed by atoms with Crippen LogP contribution in [0.4, 0.5) is 0 Å². The number of carboxylic acid groups (broad SMARTS) is 1. The summed E-state index contributed by atoms with van der Waals surface area (Å²) in [6.07, 6.45) is 20.2. The first-order chi connectivity index (χ1) is 16.0. The molecule has 7 heteroatoms. The molecule has 0 saturated carbocycles. The van der Waals surface area contributed by atoms with Crippen LogP contribution in [0.3, 0.4) is 0 Å². The third-order valence-corrected chi connectivity index (χ3v) is 7.85. The van der Waals surface area contributed by atoms with Gasteiger partial charge in [0, 0.05) is 32.8 Å². The third-order valence-electron chi connectivity index (χ3n) is 5.28. The Bertz CT molecular complexity index is 365. The standard InChI is InChI=1S/C18H36O2.C8H20O4Si/c1-2-3-4-5-6-7-8-9-10-11-12-13-14-15-16-17-18(19)20;1-5-9-13(10-6-2,11-7-3)12-8-4/h2-17H2,1H3,(H,19,20);5-8H2,1-4H3. The number of carboxylic acids is 1. The molecule has 0 aliphatic rings. The van der Waals surface area contributed by atoms with Crippen LogP contribution in [0, 0.1) is 0 Å². The second-order valence-electron chi connectivity index (χ2n) is 8.33. The number of unbranched alkanes of at least 4 members (excludes halogenated alkanes) is 14. The molecule has 0 aromatic carbocycles. The summed E-state index contributed by atoms with van der Waals surface area (Å²) in [4.78, 5) is 10.3. The summed E-state index contributed by atoms with van der Waals surface area (Å²) in [5.74, 6) is -0.653. The molecule has 0 aliphatic carbocycles. The summed E-state index contributed by atoms with van der Waals surface area (Å²) >= 11 is 0. The van der Waals surface area contributed by atoms with Gasteiger partial charge < -0.3 is 22.8 Å². The molecular weight excluding hydrogens is 436 g/mol. The molecule has 0 radical (unpaired) electrons. The molecule has 0 atom stereocenters. The first-order valence-corrected chi connectivity index (χ1v) is 15.4. The smallest absolute Gasteiger partial charge is 0.481 e. The maximum absolute atomic E-state index is 10.3. The van der Waals surface area contributed by atoms with E-state index in [1.165, 1.54) is 83.5 Å². The summed E-state index contributed by atoms with van der Waals surface area (Å²) in [7, 11) is -2.80. The molecule has 33 heavy (non-hydrogen) atoms. The molecule has 6 nitrogen and oxygen atoms in total. The fraction of sp³-hybridized carbons (Fsp3) is 0.962. The number of aliphatic carboxylic acids is 1. The Kier molecular flexibility index (Phi) is 29.2. The Hall–Kier alpha value is -0.473. The molecule has 0 saturated heterocycles. The van der Waals surface area contributed by atoms with Crippen LogP contribution in [0.1, 0.15) is 137 Å². The molecule has 0 amide bonds. The van der Waals surface area contributed by atoms with Gasteiger partial charge in [0.25, 0.3) is 0 Å². The van der Waals surface area contributed by atoms with Crippen molar-refractivity contribution in [2.24, 2.45) is 0 Å². The van der Waals surface area contributed by atoms with Crippen molar-refractivity contribution in [3.8, 4) is 0 Å². The zero-order valence-corrected chi connectivity index (χ0v) is 23.6. The fourth-order valence-electron chi connectivity index (χ4n) is 3.60. The van der Waals surface area contributed by atoms with E-state index in [0.29, 0.717) is 32.8 Å². The summed E-state index contributed by atoms with van der Waals surface area (Å²) < 4.78 is 21.7. The van der Waals surface area contributed by atoms with Crippen molar-refractivity contribution in [2.75, 3.05) is 26.4 Å². The van der Waals surface area contributed by atoms with Gasteiger partial charge in [-0.2, -0.15) is 0 Å². The Morgan fingerprint density at radius 1 is 0.515 bits per heavy atom. The molecule has 0 aromatic heterocycles. The molecule has 0 aromatic rings. The fourth-order valence-corrected chi connectivity index (χ4v) is 5.52. The minimum absolute atomic E-state index is 0.345. The predicted molar refractivity (Wildman–Crippen MR) is 139 cm³/mol. The van der Waals surface area contributed by atoms with Gasteiger partial charge in [0.15, 0.2) is 0 Å². The Balaban J connectivity index is 0. The molecule has 200 valence electrons. The van der Waals surface area contributed by atoms with Gasteiger partial charge in [0.05, 0.1) is 0 Å². The van der Waals surface area contributed by atoms with E-state index in [0.717, 1.165) is 12.8 Å². The van der Waals surface area contributed by atoms with Gasteiger partial charge in [-0.05, 0) is 34.1 Å². The van der Waals surface area contributed by atoms with Gasteiger partial charge in [-0.1, -0.05) is 96.8 Å². The highest BCUT2D eigenvalue weighted by Gasteiger charge is 2.44. The molecule has 0 heterocycles. The van der Waals surface area contributed by atoms with Crippen LogP contribution in [0.15, 0.2) is 0 Å². The normalized spacial score (nSPS) is 11.3. The molecule has 0 bridgehead atoms. The second-order valence-corrected chi connectivity index (χ2v) is 10.5. The molecule has 0 aliphatic heterocycles. The van der Waals surface area contributed by atoms with E-state index >= 15 is 0 Å². The maximum Gasteiger partial charge on any atom is 0.679 e. The van der Waals surface area contributed by atoms with Crippen LogP contribution in [0.2, 0.25) is 0 Å². The average Bonchev–Trinajstić information content (AvgIpc) is 2.77. The highest BCUT2D eigenvalue weighted by Crippen LogP contribution is 2.14. The zero-order chi connectivity index (χ0) is 25.0. The van der Waals surface area contributed by atoms with Crippen molar-refractivity contribution in [2.45, 2.75) is 137 Å². The zero-order valence-electron chi connectivity index (χ0n) is 22.6. The van der Waals surface area contributed by atoms with Crippen LogP contribution < -0.4 is 0 Å². The summed E-state index contributed by atoms with van der Waals surface area (Å²) in [5, 5.41) is 8.52. The van der Waals surface area contributed by atoms with E-state index < -0.39 is 15.0 Å². The molecule has 0 unspecified atom stereocenters. The number of carbonyl (C=O) groups is 1. The predicted octanol–water partition coefficient (Wildman–Crippen LogP) is 7.90. The second kappa shape index (κ2) is 27.8. The molecule has 0 fully saturated rings. The van der Waals surface area contributed by atoms with Crippen LogP contribution in [-0.2, 0) is 22.5 Å². The van der Waals surface area contributed by atoms with Crippen molar-refractivity contribution in [1.29, 1.82) is 0 Å². The SMILES string of the molecule is CCCCCCCCCCCCCCCCCC(=O)O.CCO[Si](OCC)(OCC)OCC. The van der Waals surface area contributed by atoms with E-state index in [2.05, 4.69) is 6.92 Å². The van der Waals surface area contributed by atoms with E-state index in [9.17, 15) is 4.79 Å². The summed E-state index contributed by atoms with van der Waals surface area (Å²) in [6, 6.07) is 0. The number of hydrogen-bond acceptors (Lipinski definition) is 5. The molecule has 1 N–H and O–H groups in total. The first kappa shape index (κ1) is 34.7. The lowest BCUT2D eigenvalue weighted by Gasteiger charge is -2.26. The lowest BCUT2D eigenvalue weighted by Crippen LogP contribution is -2.49. The summed E-state index contributed by atoms with van der Waals surface area (Å²) in [5.41, 5.74) is 0. The quantitative estimate of drug-likeness (QED) is 0.109. The van der Waals surface area contributed by atoms with Crippen molar-refractivity contribution >= 4 is 15.0 Å². The Morgan fingerprint density at radius 3 is 1.03 bits per heavy atom. The van der Waals surface area contributed by atoms with E-state index in [4.69, 9.17) is 22.8 Å².